The topological polar surface area (TPSA) is 75.6 Å². The van der Waals surface area contributed by atoms with E-state index in [1.54, 1.807) is 13.3 Å². The summed E-state index contributed by atoms with van der Waals surface area (Å²) in [5.74, 6) is 0.700. The Bertz CT molecular complexity index is 708. The number of aromatic nitrogens is 1. The minimum atomic E-state index is -0.130. The Hall–Kier alpha value is -2.47. The molecule has 0 aliphatic carbocycles. The summed E-state index contributed by atoms with van der Waals surface area (Å²) in [7, 11) is 1.64. The van der Waals surface area contributed by atoms with E-state index in [0.29, 0.717) is 5.69 Å². The molecule has 114 valence electrons. The lowest BCUT2D eigenvalue weighted by Crippen LogP contribution is -2.38. The van der Waals surface area contributed by atoms with Gasteiger partial charge in [-0.25, -0.2) is 10.4 Å². The van der Waals surface area contributed by atoms with Crippen molar-refractivity contribution in [3.63, 3.8) is 0 Å². The number of benzene rings is 1. The molecule has 2 N–H and O–H groups in total. The molecule has 1 amide bonds. The molecule has 2 aromatic rings. The molecule has 3 rings (SSSR count). The summed E-state index contributed by atoms with van der Waals surface area (Å²) in [6.07, 6.45) is 3.44. The maximum absolute atomic E-state index is 11.8. The first-order valence-electron chi connectivity index (χ1n) is 7.27. The molecule has 1 aromatic carbocycles. The number of nitrogens with one attached hydrogen (secondary N) is 2. The minimum Gasteiger partial charge on any atom is -0.497 e. The molecule has 1 aromatic heterocycles. The summed E-state index contributed by atoms with van der Waals surface area (Å²) in [6, 6.07) is 9.36. The summed E-state index contributed by atoms with van der Waals surface area (Å²) in [5.41, 5.74) is 4.09. The van der Waals surface area contributed by atoms with E-state index in [2.05, 4.69) is 20.8 Å². The van der Waals surface area contributed by atoms with Crippen LogP contribution in [0.5, 0.6) is 5.75 Å². The van der Waals surface area contributed by atoms with Crippen LogP contribution in [0.4, 0.5) is 0 Å². The van der Waals surface area contributed by atoms with E-state index in [1.165, 1.54) is 0 Å². The van der Waals surface area contributed by atoms with Crippen molar-refractivity contribution in [2.24, 2.45) is 5.10 Å². The number of hydrazone groups is 1. The van der Waals surface area contributed by atoms with Crippen molar-refractivity contribution in [3.05, 3.63) is 36.0 Å². The second kappa shape index (κ2) is 6.53. The number of hydrogen-bond donors (Lipinski definition) is 2. The molecule has 0 bridgehead atoms. The summed E-state index contributed by atoms with van der Waals surface area (Å²) in [6.45, 7) is 0.886. The first kappa shape index (κ1) is 14.5. The highest BCUT2D eigenvalue weighted by atomic mass is 16.5. The van der Waals surface area contributed by atoms with Gasteiger partial charge in [0.1, 0.15) is 5.75 Å². The Morgan fingerprint density at radius 1 is 1.45 bits per heavy atom. The van der Waals surface area contributed by atoms with E-state index in [1.807, 2.05) is 30.3 Å². The van der Waals surface area contributed by atoms with Gasteiger partial charge in [0, 0.05) is 5.39 Å². The average Bonchev–Trinajstić information content (AvgIpc) is 3.08. The Kier molecular flexibility index (Phi) is 4.29. The van der Waals surface area contributed by atoms with E-state index >= 15 is 0 Å². The zero-order chi connectivity index (χ0) is 15.4. The van der Waals surface area contributed by atoms with E-state index in [4.69, 9.17) is 4.74 Å². The number of methoxy groups -OCH3 is 1. The van der Waals surface area contributed by atoms with Crippen LogP contribution >= 0.6 is 0 Å². The molecule has 1 aliphatic rings. The predicted molar refractivity (Wildman–Crippen MR) is 85.1 cm³/mol. The zero-order valence-electron chi connectivity index (χ0n) is 12.4. The van der Waals surface area contributed by atoms with Gasteiger partial charge in [0.15, 0.2) is 0 Å². The smallest absolute Gasteiger partial charge is 0.257 e. The van der Waals surface area contributed by atoms with Gasteiger partial charge in [-0.3, -0.25) is 4.79 Å². The van der Waals surface area contributed by atoms with Crippen molar-refractivity contribution in [1.29, 1.82) is 0 Å². The van der Waals surface area contributed by atoms with E-state index in [0.717, 1.165) is 36.0 Å². The van der Waals surface area contributed by atoms with Crippen LogP contribution < -0.4 is 15.5 Å². The van der Waals surface area contributed by atoms with Crippen LogP contribution in [0.25, 0.3) is 10.9 Å². The van der Waals surface area contributed by atoms with Gasteiger partial charge in [-0.2, -0.15) is 5.10 Å². The van der Waals surface area contributed by atoms with Gasteiger partial charge in [-0.1, -0.05) is 6.07 Å². The first-order chi connectivity index (χ1) is 10.8. The molecule has 6 nitrogen and oxygen atoms in total. The molecule has 1 fully saturated rings. The number of carbonyl (C=O) groups is 1. The average molecular weight is 298 g/mol. The molecule has 0 spiro atoms. The largest absolute Gasteiger partial charge is 0.497 e. The summed E-state index contributed by atoms with van der Waals surface area (Å²) >= 11 is 0. The summed E-state index contributed by atoms with van der Waals surface area (Å²) in [4.78, 5) is 16.3. The van der Waals surface area contributed by atoms with Gasteiger partial charge in [-0.15, -0.1) is 0 Å². The zero-order valence-corrected chi connectivity index (χ0v) is 12.4. The van der Waals surface area contributed by atoms with E-state index in [9.17, 15) is 4.79 Å². The van der Waals surface area contributed by atoms with Gasteiger partial charge < -0.3 is 10.1 Å². The van der Waals surface area contributed by atoms with E-state index < -0.39 is 0 Å². The molecule has 0 unspecified atom stereocenters. The lowest BCUT2D eigenvalue weighted by atomic mass is 10.2. The number of carbonyl (C=O) groups excluding carboxylic acids is 1. The monoisotopic (exact) mass is 298 g/mol. The highest BCUT2D eigenvalue weighted by Gasteiger charge is 2.21. The Labute approximate surface area is 128 Å². The number of nitrogens with zero attached hydrogens (tertiary/aromatic N) is 2. The van der Waals surface area contributed by atoms with Crippen LogP contribution in [0.15, 0.2) is 35.4 Å². The molecular weight excluding hydrogens is 280 g/mol. The fourth-order valence-electron chi connectivity index (χ4n) is 2.47. The quantitative estimate of drug-likeness (QED) is 0.661. The Morgan fingerprint density at radius 2 is 2.36 bits per heavy atom. The van der Waals surface area contributed by atoms with Crippen molar-refractivity contribution in [3.8, 4) is 5.75 Å². The maximum Gasteiger partial charge on any atom is 0.257 e. The molecular formula is C16H18N4O2. The number of hydrogen-bond acceptors (Lipinski definition) is 5. The number of fused-ring (bicyclic) bond motifs is 1. The van der Waals surface area contributed by atoms with E-state index in [-0.39, 0.29) is 11.9 Å². The summed E-state index contributed by atoms with van der Waals surface area (Å²) in [5, 5.41) is 8.10. The standard InChI is InChI=1S/C16H18N4O2/c1-22-13-6-7-14-11(9-13)4-5-12(19-14)10-18-20-16(21)15-3-2-8-17-15/h4-7,9-10,15,17H,2-3,8H2,1H3,(H,20,21)/b18-10+/t15-/m0/s1. The van der Waals surface area contributed by atoms with Crippen molar-refractivity contribution in [1.82, 2.24) is 15.7 Å². The predicted octanol–water partition coefficient (Wildman–Crippen LogP) is 1.45. The third-order valence-corrected chi connectivity index (χ3v) is 3.67. The third kappa shape index (κ3) is 3.23. The lowest BCUT2D eigenvalue weighted by Gasteiger charge is -2.06. The normalized spacial score (nSPS) is 18.0. The van der Waals surface area contributed by atoms with Crippen LogP contribution in [0.1, 0.15) is 18.5 Å². The van der Waals surface area contributed by atoms with Gasteiger partial charge >= 0.3 is 0 Å². The maximum atomic E-state index is 11.8. The van der Waals surface area contributed by atoms with Crippen LogP contribution in [0, 0.1) is 0 Å². The van der Waals surface area contributed by atoms with Crippen LogP contribution in [-0.2, 0) is 4.79 Å². The van der Waals surface area contributed by atoms with Gasteiger partial charge in [0.2, 0.25) is 0 Å². The van der Waals surface area contributed by atoms with Gasteiger partial charge in [0.25, 0.3) is 5.91 Å². The molecule has 0 saturated carbocycles. The minimum absolute atomic E-state index is 0.0979. The fourth-order valence-corrected chi connectivity index (χ4v) is 2.47. The van der Waals surface area contributed by atoms with Crippen molar-refractivity contribution in [2.45, 2.75) is 18.9 Å². The molecule has 1 saturated heterocycles. The highest BCUT2D eigenvalue weighted by Crippen LogP contribution is 2.19. The van der Waals surface area contributed by atoms with Crippen molar-refractivity contribution in [2.75, 3.05) is 13.7 Å². The lowest BCUT2D eigenvalue weighted by molar-refractivity contribution is -0.122. The second-order valence-electron chi connectivity index (χ2n) is 5.18. The molecule has 22 heavy (non-hydrogen) atoms. The van der Waals surface area contributed by atoms with Gasteiger partial charge in [0.05, 0.1) is 30.6 Å². The third-order valence-electron chi connectivity index (χ3n) is 3.67. The molecule has 6 heteroatoms. The fraction of sp³-hybridized carbons (Fsp3) is 0.312. The van der Waals surface area contributed by atoms with Crippen molar-refractivity contribution >= 4 is 23.0 Å². The SMILES string of the molecule is COc1ccc2nc(/C=N/NC(=O)[C@@H]3CCCN3)ccc2c1. The molecule has 2 heterocycles. The number of pyridine rings is 1. The number of amides is 1. The van der Waals surface area contributed by atoms with Crippen LogP contribution in [-0.4, -0.2) is 36.8 Å². The Morgan fingerprint density at radius 3 is 3.14 bits per heavy atom. The van der Waals surface area contributed by atoms with Crippen molar-refractivity contribution < 1.29 is 9.53 Å². The second-order valence-corrected chi connectivity index (χ2v) is 5.18. The molecule has 0 radical (unpaired) electrons. The Balaban J connectivity index is 1.68. The van der Waals surface area contributed by atoms with Gasteiger partial charge in [-0.05, 0) is 43.7 Å². The summed E-state index contributed by atoms with van der Waals surface area (Å²) < 4.78 is 5.18. The number of ether oxygens (including phenoxy) is 1. The van der Waals surface area contributed by atoms with Crippen LogP contribution in [0.2, 0.25) is 0 Å². The first-order valence-corrected chi connectivity index (χ1v) is 7.27. The highest BCUT2D eigenvalue weighted by molar-refractivity contribution is 5.87. The van der Waals surface area contributed by atoms with Crippen LogP contribution in [0.3, 0.4) is 0 Å². The number of rotatable bonds is 4. The molecule has 1 atom stereocenters. The molecule has 1 aliphatic heterocycles.